The van der Waals surface area contributed by atoms with E-state index in [0.717, 1.165) is 22.3 Å². The van der Waals surface area contributed by atoms with Gasteiger partial charge in [-0.2, -0.15) is 0 Å². The molecule has 0 heterocycles. The molecule has 1 N–H and O–H groups in total. The topological polar surface area (TPSA) is 49.4 Å². The molecule has 0 aliphatic carbocycles. The summed E-state index contributed by atoms with van der Waals surface area (Å²) in [5.74, 6) is 0.360. The summed E-state index contributed by atoms with van der Waals surface area (Å²) in [6, 6.07) is 25.9. The van der Waals surface area contributed by atoms with Crippen LogP contribution in [-0.2, 0) is 29.0 Å². The zero-order chi connectivity index (χ0) is 25.2. The van der Waals surface area contributed by atoms with E-state index in [2.05, 4.69) is 43.4 Å². The fourth-order valence-electron chi connectivity index (χ4n) is 4.28. The number of nitrogens with one attached hydrogen (secondary N) is 1. The predicted octanol–water partition coefficient (Wildman–Crippen LogP) is 5.83. The number of rotatable bonds is 11. The van der Waals surface area contributed by atoms with Gasteiger partial charge in [0.1, 0.15) is 6.04 Å². The molecule has 0 radical (unpaired) electrons. The molecule has 1 atom stereocenters. The monoisotopic (exact) mass is 470 g/mol. The molecule has 0 bridgehead atoms. The number of aryl methyl sites for hydroxylation is 2. The molecule has 0 aromatic heterocycles. The first-order valence-corrected chi connectivity index (χ1v) is 12.6. The van der Waals surface area contributed by atoms with Crippen molar-refractivity contribution < 1.29 is 9.59 Å². The number of likely N-dealkylation sites (N-methyl/N-ethyl adjacent to an activating group) is 1. The Kier molecular flexibility index (Phi) is 9.66. The van der Waals surface area contributed by atoms with Crippen LogP contribution in [0.1, 0.15) is 60.9 Å². The van der Waals surface area contributed by atoms with Crippen molar-refractivity contribution in [3.63, 3.8) is 0 Å². The molecule has 0 unspecified atom stereocenters. The van der Waals surface area contributed by atoms with Crippen LogP contribution in [-0.4, -0.2) is 29.3 Å². The fraction of sp³-hybridized carbons (Fsp3) is 0.355. The van der Waals surface area contributed by atoms with Crippen LogP contribution < -0.4 is 5.32 Å². The maximum Gasteiger partial charge on any atom is 0.243 e. The van der Waals surface area contributed by atoms with Gasteiger partial charge >= 0.3 is 0 Å². The van der Waals surface area contributed by atoms with Crippen molar-refractivity contribution in [1.82, 2.24) is 10.2 Å². The first kappa shape index (κ1) is 26.2. The highest BCUT2D eigenvalue weighted by molar-refractivity contribution is 5.88. The lowest BCUT2D eigenvalue weighted by molar-refractivity contribution is -0.141. The van der Waals surface area contributed by atoms with Crippen LogP contribution in [0.2, 0.25) is 0 Å². The Balaban J connectivity index is 1.87. The highest BCUT2D eigenvalue weighted by Gasteiger charge is 2.30. The number of amides is 2. The van der Waals surface area contributed by atoms with Crippen molar-refractivity contribution in [2.45, 2.75) is 65.5 Å². The van der Waals surface area contributed by atoms with Gasteiger partial charge in [-0.15, -0.1) is 0 Å². The normalized spacial score (nSPS) is 11.8. The number of carbonyl (C=O) groups is 2. The Hall–Kier alpha value is -3.40. The Labute approximate surface area is 210 Å². The zero-order valence-electron chi connectivity index (χ0n) is 21.5. The number of hydrogen-bond donors (Lipinski definition) is 1. The van der Waals surface area contributed by atoms with Crippen molar-refractivity contribution in [3.8, 4) is 0 Å². The van der Waals surface area contributed by atoms with Crippen LogP contribution in [0.5, 0.6) is 0 Å². The molecule has 3 rings (SSSR count). The van der Waals surface area contributed by atoms with Crippen molar-refractivity contribution in [1.29, 1.82) is 0 Å². The van der Waals surface area contributed by atoms with Crippen LogP contribution in [0.4, 0.5) is 0 Å². The lowest BCUT2D eigenvalue weighted by Crippen LogP contribution is -2.50. The number of hydrogen-bond acceptors (Lipinski definition) is 2. The minimum atomic E-state index is -0.576. The van der Waals surface area contributed by atoms with Gasteiger partial charge < -0.3 is 10.2 Å². The lowest BCUT2D eigenvalue weighted by Gasteiger charge is -2.32. The van der Waals surface area contributed by atoms with Crippen LogP contribution in [0, 0.1) is 6.92 Å². The SMILES string of the molecule is CCNC(=O)[C@H](Cc1ccccc1)N(Cc1ccccc1C)C(=O)CCc1ccc(C(C)C)cc1. The summed E-state index contributed by atoms with van der Waals surface area (Å²) in [6.45, 7) is 9.25. The van der Waals surface area contributed by atoms with Crippen LogP contribution >= 0.6 is 0 Å². The third-order valence-electron chi connectivity index (χ3n) is 6.50. The van der Waals surface area contributed by atoms with Crippen LogP contribution in [0.3, 0.4) is 0 Å². The molecule has 35 heavy (non-hydrogen) atoms. The van der Waals surface area contributed by atoms with Gasteiger partial charge in [0.15, 0.2) is 0 Å². The van der Waals surface area contributed by atoms with Crippen molar-refractivity contribution >= 4 is 11.8 Å². The minimum absolute atomic E-state index is 0.00614. The molecule has 0 aliphatic heterocycles. The molecular formula is C31H38N2O2. The van der Waals surface area contributed by atoms with Gasteiger partial charge in [-0.3, -0.25) is 9.59 Å². The van der Waals surface area contributed by atoms with Crippen molar-refractivity contribution in [2.24, 2.45) is 0 Å². The Morgan fingerprint density at radius 3 is 2.14 bits per heavy atom. The second kappa shape index (κ2) is 12.9. The number of nitrogens with zero attached hydrogens (tertiary/aromatic N) is 1. The van der Waals surface area contributed by atoms with E-state index >= 15 is 0 Å². The molecule has 0 saturated carbocycles. The molecular weight excluding hydrogens is 432 g/mol. The van der Waals surface area contributed by atoms with E-state index in [1.165, 1.54) is 5.56 Å². The second-order valence-corrected chi connectivity index (χ2v) is 9.44. The molecule has 3 aromatic rings. The molecule has 0 fully saturated rings. The minimum Gasteiger partial charge on any atom is -0.355 e. The van der Waals surface area contributed by atoms with E-state index in [4.69, 9.17) is 0 Å². The molecule has 3 aromatic carbocycles. The van der Waals surface area contributed by atoms with E-state index in [9.17, 15) is 9.59 Å². The van der Waals surface area contributed by atoms with Gasteiger partial charge in [-0.25, -0.2) is 0 Å². The molecule has 4 heteroatoms. The fourth-order valence-corrected chi connectivity index (χ4v) is 4.28. The van der Waals surface area contributed by atoms with Gasteiger partial charge in [-0.05, 0) is 54.0 Å². The zero-order valence-corrected chi connectivity index (χ0v) is 21.5. The number of benzene rings is 3. The van der Waals surface area contributed by atoms with E-state index in [0.29, 0.717) is 38.3 Å². The molecule has 0 saturated heterocycles. The summed E-state index contributed by atoms with van der Waals surface area (Å²) >= 11 is 0. The maximum absolute atomic E-state index is 13.7. The van der Waals surface area contributed by atoms with Gasteiger partial charge in [0, 0.05) is 25.9 Å². The Morgan fingerprint density at radius 1 is 0.857 bits per heavy atom. The summed E-state index contributed by atoms with van der Waals surface area (Å²) in [7, 11) is 0. The standard InChI is InChI=1S/C31H38N2O2/c1-5-32-31(35)29(21-26-12-7-6-8-13-26)33(22-28-14-10-9-11-24(28)4)30(34)20-17-25-15-18-27(19-16-25)23(2)3/h6-16,18-19,23,29H,5,17,20-22H2,1-4H3,(H,32,35)/t29-/m0/s1. The highest BCUT2D eigenvalue weighted by atomic mass is 16.2. The highest BCUT2D eigenvalue weighted by Crippen LogP contribution is 2.20. The summed E-state index contributed by atoms with van der Waals surface area (Å²) < 4.78 is 0. The van der Waals surface area contributed by atoms with Gasteiger partial charge in [-0.1, -0.05) is 92.7 Å². The first-order chi connectivity index (χ1) is 16.9. The quantitative estimate of drug-likeness (QED) is 0.383. The lowest BCUT2D eigenvalue weighted by atomic mass is 9.99. The Bertz CT molecular complexity index is 1090. The van der Waals surface area contributed by atoms with Crippen LogP contribution in [0.15, 0.2) is 78.9 Å². The molecule has 0 aliphatic rings. The summed E-state index contributed by atoms with van der Waals surface area (Å²) in [5.41, 5.74) is 5.64. The smallest absolute Gasteiger partial charge is 0.243 e. The molecule has 4 nitrogen and oxygen atoms in total. The largest absolute Gasteiger partial charge is 0.355 e. The predicted molar refractivity (Wildman–Crippen MR) is 143 cm³/mol. The average Bonchev–Trinajstić information content (AvgIpc) is 2.86. The average molecular weight is 471 g/mol. The summed E-state index contributed by atoms with van der Waals surface area (Å²) in [6.07, 6.45) is 1.49. The third-order valence-corrected chi connectivity index (χ3v) is 6.50. The first-order valence-electron chi connectivity index (χ1n) is 12.6. The molecule has 2 amide bonds. The van der Waals surface area contributed by atoms with E-state index < -0.39 is 6.04 Å². The molecule has 0 spiro atoms. The van der Waals surface area contributed by atoms with Crippen molar-refractivity contribution in [3.05, 3.63) is 107 Å². The van der Waals surface area contributed by atoms with Gasteiger partial charge in [0.2, 0.25) is 11.8 Å². The third kappa shape index (κ3) is 7.54. The molecule has 184 valence electrons. The maximum atomic E-state index is 13.7. The van der Waals surface area contributed by atoms with Crippen molar-refractivity contribution in [2.75, 3.05) is 6.54 Å². The van der Waals surface area contributed by atoms with E-state index in [1.807, 2.05) is 68.4 Å². The van der Waals surface area contributed by atoms with Crippen LogP contribution in [0.25, 0.3) is 0 Å². The summed E-state index contributed by atoms with van der Waals surface area (Å²) in [5, 5.41) is 2.96. The Morgan fingerprint density at radius 2 is 1.51 bits per heavy atom. The van der Waals surface area contributed by atoms with E-state index in [-0.39, 0.29) is 11.8 Å². The number of carbonyl (C=O) groups excluding carboxylic acids is 2. The van der Waals surface area contributed by atoms with Gasteiger partial charge in [0.25, 0.3) is 0 Å². The second-order valence-electron chi connectivity index (χ2n) is 9.44. The van der Waals surface area contributed by atoms with Gasteiger partial charge in [0.05, 0.1) is 0 Å². The summed E-state index contributed by atoms with van der Waals surface area (Å²) in [4.78, 5) is 28.7. The van der Waals surface area contributed by atoms with E-state index in [1.54, 1.807) is 4.90 Å².